The molecule has 28 heavy (non-hydrogen) atoms. The number of carbonyl (C=O) groups is 2. The van der Waals surface area contributed by atoms with Crippen molar-refractivity contribution in [3.05, 3.63) is 46.5 Å². The lowest BCUT2D eigenvalue weighted by atomic mass is 9.72. The van der Waals surface area contributed by atoms with E-state index in [2.05, 4.69) is 10.3 Å². The summed E-state index contributed by atoms with van der Waals surface area (Å²) in [4.78, 5) is 28.2. The second-order valence-corrected chi connectivity index (χ2v) is 6.98. The molecule has 0 radical (unpaired) electrons. The van der Waals surface area contributed by atoms with Crippen molar-refractivity contribution < 1.29 is 29.5 Å². The van der Waals surface area contributed by atoms with Crippen molar-refractivity contribution in [1.82, 2.24) is 10.3 Å². The second kappa shape index (κ2) is 8.42. The van der Waals surface area contributed by atoms with Crippen LogP contribution in [0.3, 0.4) is 0 Å². The molecule has 1 aliphatic rings. The molecule has 1 aliphatic heterocycles. The first-order valence-electron chi connectivity index (χ1n) is 8.44. The predicted molar refractivity (Wildman–Crippen MR) is 104 cm³/mol. The van der Waals surface area contributed by atoms with Crippen LogP contribution in [0, 0.1) is 0 Å². The number of nitrogens with zero attached hydrogens (tertiary/aromatic N) is 1. The number of fused-ring (bicyclic) bond motifs is 1. The van der Waals surface area contributed by atoms with Crippen LogP contribution in [0.15, 0.2) is 29.7 Å². The summed E-state index contributed by atoms with van der Waals surface area (Å²) >= 11 is 1.18. The molecule has 1 aromatic heterocycles. The standard InChI is InChI=1S/C17H18BN3O6S/c19-17-20-12(8-28-17)10(5-2-6-22)15(23)21-13-7-9-3-1-4-11(16(24)25)14(9)27-18(13)26/h1,3-5,8,13,22,26H,2,6-7H2,(H2,19,20)(H,21,23)(H,24,25). The quantitative estimate of drug-likeness (QED) is 0.341. The van der Waals surface area contributed by atoms with E-state index in [9.17, 15) is 19.7 Å². The molecule has 1 atom stereocenters. The van der Waals surface area contributed by atoms with Gasteiger partial charge in [0.15, 0.2) is 5.13 Å². The highest BCUT2D eigenvalue weighted by atomic mass is 32.1. The molecule has 9 nitrogen and oxygen atoms in total. The number of carbonyl (C=O) groups excluding carboxylic acids is 1. The lowest BCUT2D eigenvalue weighted by molar-refractivity contribution is -0.116. The molecule has 11 heteroatoms. The number of aliphatic hydroxyl groups excluding tert-OH is 1. The van der Waals surface area contributed by atoms with Gasteiger partial charge in [-0.2, -0.15) is 0 Å². The van der Waals surface area contributed by atoms with Gasteiger partial charge in [-0.15, -0.1) is 11.3 Å². The Labute approximate surface area is 164 Å². The number of hydrogen-bond donors (Lipinski definition) is 5. The van der Waals surface area contributed by atoms with Gasteiger partial charge in [-0.1, -0.05) is 18.2 Å². The molecule has 3 rings (SSSR count). The number of thiazole rings is 1. The Balaban J connectivity index is 1.81. The first-order valence-corrected chi connectivity index (χ1v) is 9.31. The number of carboxylic acid groups (broad SMARTS) is 1. The molecule has 0 saturated carbocycles. The van der Waals surface area contributed by atoms with E-state index in [1.54, 1.807) is 17.5 Å². The Morgan fingerprint density at radius 1 is 1.46 bits per heavy atom. The number of anilines is 1. The van der Waals surface area contributed by atoms with E-state index in [0.29, 0.717) is 16.4 Å². The van der Waals surface area contributed by atoms with Gasteiger partial charge in [-0.25, -0.2) is 9.78 Å². The number of rotatable bonds is 6. The van der Waals surface area contributed by atoms with Crippen LogP contribution in [-0.4, -0.2) is 51.8 Å². The van der Waals surface area contributed by atoms with Gasteiger partial charge in [-0.3, -0.25) is 4.79 Å². The molecule has 1 aromatic carbocycles. The Bertz CT molecular complexity index is 931. The fourth-order valence-corrected chi connectivity index (χ4v) is 3.46. The molecule has 1 unspecified atom stereocenters. The summed E-state index contributed by atoms with van der Waals surface area (Å²) in [6, 6.07) is 4.64. The summed E-state index contributed by atoms with van der Waals surface area (Å²) < 4.78 is 5.38. The first-order chi connectivity index (χ1) is 13.4. The SMILES string of the molecule is Nc1nc(C(=CCCO)C(=O)NC2Cc3cccc(C(=O)O)c3OB2O)cs1. The summed E-state index contributed by atoms with van der Waals surface area (Å²) in [5.41, 5.74) is 6.74. The monoisotopic (exact) mass is 403 g/mol. The van der Waals surface area contributed by atoms with Gasteiger partial charge in [0.2, 0.25) is 0 Å². The summed E-state index contributed by atoms with van der Waals surface area (Å²) in [6.45, 7) is -0.142. The summed E-state index contributed by atoms with van der Waals surface area (Å²) in [6.07, 6.45) is 1.97. The normalized spacial score (nSPS) is 16.3. The average molecular weight is 403 g/mol. The number of nitrogens with two attached hydrogens (primary N) is 1. The zero-order chi connectivity index (χ0) is 20.3. The maximum Gasteiger partial charge on any atom is 0.547 e. The predicted octanol–water partition coefficient (Wildman–Crippen LogP) is 0.329. The van der Waals surface area contributed by atoms with Crippen molar-refractivity contribution >= 4 is 41.0 Å². The summed E-state index contributed by atoms with van der Waals surface area (Å²) in [7, 11) is -1.42. The number of aromatic nitrogens is 1. The topological polar surface area (TPSA) is 155 Å². The van der Waals surface area contributed by atoms with Crippen LogP contribution in [0.1, 0.15) is 28.0 Å². The molecule has 0 spiro atoms. The molecule has 1 amide bonds. The van der Waals surface area contributed by atoms with Crippen molar-refractivity contribution in [2.45, 2.75) is 18.8 Å². The molecule has 6 N–H and O–H groups in total. The number of carboxylic acids is 1. The zero-order valence-corrected chi connectivity index (χ0v) is 15.5. The van der Waals surface area contributed by atoms with Crippen LogP contribution < -0.4 is 15.7 Å². The van der Waals surface area contributed by atoms with Gasteiger partial charge >= 0.3 is 13.1 Å². The molecule has 2 aromatic rings. The number of nitrogen functional groups attached to an aromatic ring is 1. The van der Waals surface area contributed by atoms with E-state index in [-0.39, 0.29) is 36.3 Å². The average Bonchev–Trinajstić information content (AvgIpc) is 3.08. The third-order valence-corrected chi connectivity index (χ3v) is 4.86. The van der Waals surface area contributed by atoms with Crippen LogP contribution in [0.2, 0.25) is 0 Å². The molecule has 0 saturated heterocycles. The molecular weight excluding hydrogens is 385 g/mol. The first kappa shape index (κ1) is 19.9. The number of aromatic carboxylic acids is 1. The number of aliphatic hydroxyl groups is 1. The summed E-state index contributed by atoms with van der Waals surface area (Å²) in [5.74, 6) is -2.38. The van der Waals surface area contributed by atoms with Gasteiger partial charge in [0.25, 0.3) is 5.91 Å². The van der Waals surface area contributed by atoms with Gasteiger partial charge in [-0.05, 0) is 24.5 Å². The van der Waals surface area contributed by atoms with Crippen molar-refractivity contribution in [2.75, 3.05) is 12.3 Å². The van der Waals surface area contributed by atoms with E-state index in [4.69, 9.17) is 15.5 Å². The third kappa shape index (κ3) is 4.16. The largest absolute Gasteiger partial charge is 0.547 e. The molecule has 146 valence electrons. The second-order valence-electron chi connectivity index (χ2n) is 6.09. The number of hydrogen-bond acceptors (Lipinski definition) is 8. The number of benzene rings is 1. The van der Waals surface area contributed by atoms with Crippen molar-refractivity contribution in [2.24, 2.45) is 0 Å². The van der Waals surface area contributed by atoms with Crippen LogP contribution in [0.5, 0.6) is 5.75 Å². The molecule has 0 bridgehead atoms. The fourth-order valence-electron chi connectivity index (χ4n) is 2.90. The maximum atomic E-state index is 12.8. The fraction of sp³-hybridized carbons (Fsp3) is 0.235. The Morgan fingerprint density at radius 3 is 2.89 bits per heavy atom. The maximum absolute atomic E-state index is 12.8. The van der Waals surface area contributed by atoms with E-state index in [1.165, 1.54) is 23.5 Å². The third-order valence-electron chi connectivity index (χ3n) is 4.19. The Kier molecular flexibility index (Phi) is 5.97. The van der Waals surface area contributed by atoms with E-state index in [0.717, 1.165) is 0 Å². The van der Waals surface area contributed by atoms with Crippen molar-refractivity contribution in [1.29, 1.82) is 0 Å². The molecule has 2 heterocycles. The zero-order valence-electron chi connectivity index (χ0n) is 14.7. The van der Waals surface area contributed by atoms with Crippen LogP contribution in [0.4, 0.5) is 5.13 Å². The van der Waals surface area contributed by atoms with Gasteiger partial charge in [0.05, 0.1) is 22.8 Å². The van der Waals surface area contributed by atoms with Crippen molar-refractivity contribution in [3.63, 3.8) is 0 Å². The highest BCUT2D eigenvalue weighted by molar-refractivity contribution is 7.13. The number of amides is 1. The van der Waals surface area contributed by atoms with Gasteiger partial charge in [0, 0.05) is 12.0 Å². The smallest absolute Gasteiger partial charge is 0.534 e. The van der Waals surface area contributed by atoms with Gasteiger partial charge < -0.3 is 30.9 Å². The Hall–Kier alpha value is -2.89. The minimum Gasteiger partial charge on any atom is -0.534 e. The summed E-state index contributed by atoms with van der Waals surface area (Å²) in [5, 5.41) is 33.2. The van der Waals surface area contributed by atoms with E-state index in [1.807, 2.05) is 0 Å². The minimum atomic E-state index is -1.42. The van der Waals surface area contributed by atoms with Crippen molar-refractivity contribution in [3.8, 4) is 5.75 Å². The Morgan fingerprint density at radius 2 is 2.25 bits per heavy atom. The van der Waals surface area contributed by atoms with Crippen LogP contribution in [0.25, 0.3) is 5.57 Å². The molecule has 0 aliphatic carbocycles. The lowest BCUT2D eigenvalue weighted by Crippen LogP contribution is -2.53. The molecule has 0 fully saturated rings. The minimum absolute atomic E-state index is 0.0530. The van der Waals surface area contributed by atoms with E-state index >= 15 is 0 Å². The van der Waals surface area contributed by atoms with E-state index < -0.39 is 24.9 Å². The highest BCUT2D eigenvalue weighted by Crippen LogP contribution is 2.30. The van der Waals surface area contributed by atoms with Crippen LogP contribution >= 0.6 is 11.3 Å². The number of para-hydroxylation sites is 1. The molecular formula is C17H18BN3O6S. The van der Waals surface area contributed by atoms with Gasteiger partial charge in [0.1, 0.15) is 5.75 Å². The lowest BCUT2D eigenvalue weighted by Gasteiger charge is -2.29. The van der Waals surface area contributed by atoms with Crippen LogP contribution in [-0.2, 0) is 11.2 Å². The highest BCUT2D eigenvalue weighted by Gasteiger charge is 2.38. The number of nitrogens with one attached hydrogen (secondary N) is 1.